The number of alkyl halides is 2. The van der Waals surface area contributed by atoms with Gasteiger partial charge in [-0.25, -0.2) is 0 Å². The van der Waals surface area contributed by atoms with Crippen molar-refractivity contribution in [1.29, 1.82) is 0 Å². The van der Waals surface area contributed by atoms with E-state index in [1.54, 1.807) is 12.1 Å². The summed E-state index contributed by atoms with van der Waals surface area (Å²) in [7, 11) is 0. The number of anilines is 1. The molecular formula is C18H20F2N2OS. The molecule has 0 aliphatic rings. The summed E-state index contributed by atoms with van der Waals surface area (Å²) in [5, 5.41) is 6.84. The van der Waals surface area contributed by atoms with E-state index in [0.29, 0.717) is 10.8 Å². The molecule has 0 heterocycles. The van der Waals surface area contributed by atoms with Crippen LogP contribution in [0.15, 0.2) is 54.6 Å². The van der Waals surface area contributed by atoms with Gasteiger partial charge in [-0.2, -0.15) is 8.78 Å². The zero-order valence-electron chi connectivity index (χ0n) is 13.3. The van der Waals surface area contributed by atoms with E-state index in [-0.39, 0.29) is 11.8 Å². The number of hydrogen-bond acceptors (Lipinski definition) is 2. The van der Waals surface area contributed by atoms with Gasteiger partial charge in [-0.05, 0) is 48.5 Å². The molecule has 0 fully saturated rings. The SMILES string of the molecule is CCC[C@H](NC(=S)Nc1ccc(OC(F)F)cc1)c1ccccc1. The summed E-state index contributed by atoms with van der Waals surface area (Å²) in [6.45, 7) is -0.706. The first-order chi connectivity index (χ1) is 11.6. The van der Waals surface area contributed by atoms with Crippen molar-refractivity contribution in [3.8, 4) is 5.75 Å². The van der Waals surface area contributed by atoms with Gasteiger partial charge in [-0.3, -0.25) is 0 Å². The van der Waals surface area contributed by atoms with Crippen molar-refractivity contribution < 1.29 is 13.5 Å². The van der Waals surface area contributed by atoms with Gasteiger partial charge in [-0.1, -0.05) is 43.7 Å². The standard InChI is InChI=1S/C18H20F2N2OS/c1-2-6-16(13-7-4-3-5-8-13)22-18(24)21-14-9-11-15(12-10-14)23-17(19)20/h3-5,7-12,16-17H,2,6H2,1H3,(H2,21,22,24)/t16-/m0/s1. The van der Waals surface area contributed by atoms with Crippen molar-refractivity contribution in [2.75, 3.05) is 5.32 Å². The van der Waals surface area contributed by atoms with Crippen molar-refractivity contribution in [3.63, 3.8) is 0 Å². The number of hydrogen-bond donors (Lipinski definition) is 2. The molecular weight excluding hydrogens is 330 g/mol. The van der Waals surface area contributed by atoms with Crippen LogP contribution in [0.4, 0.5) is 14.5 Å². The fourth-order valence-electron chi connectivity index (χ4n) is 2.34. The average Bonchev–Trinajstić information content (AvgIpc) is 2.56. The summed E-state index contributed by atoms with van der Waals surface area (Å²) in [5.41, 5.74) is 1.88. The number of halogens is 2. The maximum atomic E-state index is 12.1. The quantitative estimate of drug-likeness (QED) is 0.680. The lowest BCUT2D eigenvalue weighted by atomic mass is 10.0. The second-order valence-electron chi connectivity index (χ2n) is 5.25. The third kappa shape index (κ3) is 5.77. The maximum absolute atomic E-state index is 12.1. The molecule has 1 atom stereocenters. The van der Waals surface area contributed by atoms with E-state index in [9.17, 15) is 8.78 Å². The summed E-state index contributed by atoms with van der Waals surface area (Å²) < 4.78 is 28.6. The van der Waals surface area contributed by atoms with Gasteiger partial charge in [0.05, 0.1) is 6.04 Å². The van der Waals surface area contributed by atoms with Gasteiger partial charge < -0.3 is 15.4 Å². The molecule has 2 aromatic carbocycles. The molecule has 0 aliphatic heterocycles. The molecule has 24 heavy (non-hydrogen) atoms. The van der Waals surface area contributed by atoms with Crippen molar-refractivity contribution in [2.24, 2.45) is 0 Å². The van der Waals surface area contributed by atoms with Crippen molar-refractivity contribution in [2.45, 2.75) is 32.4 Å². The molecule has 0 amide bonds. The third-order valence-corrected chi connectivity index (χ3v) is 3.64. The van der Waals surface area contributed by atoms with Crippen LogP contribution >= 0.6 is 12.2 Å². The molecule has 0 saturated heterocycles. The van der Waals surface area contributed by atoms with E-state index >= 15 is 0 Å². The highest BCUT2D eigenvalue weighted by atomic mass is 32.1. The Morgan fingerprint density at radius 3 is 2.33 bits per heavy atom. The van der Waals surface area contributed by atoms with E-state index in [1.807, 2.05) is 18.2 Å². The van der Waals surface area contributed by atoms with E-state index in [1.165, 1.54) is 17.7 Å². The molecule has 0 radical (unpaired) electrons. The fraction of sp³-hybridized carbons (Fsp3) is 0.278. The molecule has 0 aliphatic carbocycles. The smallest absolute Gasteiger partial charge is 0.387 e. The first kappa shape index (κ1) is 18.1. The minimum absolute atomic E-state index is 0.113. The number of ether oxygens (including phenoxy) is 1. The van der Waals surface area contributed by atoms with E-state index in [2.05, 4.69) is 34.4 Å². The summed E-state index contributed by atoms with van der Waals surface area (Å²) in [5.74, 6) is 0.113. The van der Waals surface area contributed by atoms with Crippen LogP contribution in [0.5, 0.6) is 5.75 Å². The molecule has 0 saturated carbocycles. The second kappa shape index (κ2) is 9.17. The highest BCUT2D eigenvalue weighted by molar-refractivity contribution is 7.80. The van der Waals surface area contributed by atoms with Gasteiger partial charge >= 0.3 is 6.61 Å². The predicted molar refractivity (Wildman–Crippen MR) is 96.5 cm³/mol. The number of benzene rings is 2. The maximum Gasteiger partial charge on any atom is 0.387 e. The zero-order valence-corrected chi connectivity index (χ0v) is 14.2. The molecule has 0 bridgehead atoms. The molecule has 2 rings (SSSR count). The number of rotatable bonds is 7. The van der Waals surface area contributed by atoms with Gasteiger partial charge in [0.25, 0.3) is 0 Å². The van der Waals surface area contributed by atoms with Crippen LogP contribution in [0.3, 0.4) is 0 Å². The normalized spacial score (nSPS) is 11.8. The highest BCUT2D eigenvalue weighted by Crippen LogP contribution is 2.20. The molecule has 0 unspecified atom stereocenters. The molecule has 2 N–H and O–H groups in total. The van der Waals surface area contributed by atoms with Gasteiger partial charge in [0, 0.05) is 5.69 Å². The molecule has 3 nitrogen and oxygen atoms in total. The van der Waals surface area contributed by atoms with Crippen LogP contribution in [0.2, 0.25) is 0 Å². The Morgan fingerprint density at radius 1 is 1.08 bits per heavy atom. The van der Waals surface area contributed by atoms with Gasteiger partial charge in [0.1, 0.15) is 5.75 Å². The van der Waals surface area contributed by atoms with Crippen LogP contribution in [0, 0.1) is 0 Å². The number of thiocarbonyl (C=S) groups is 1. The van der Waals surface area contributed by atoms with Crippen LogP contribution < -0.4 is 15.4 Å². The van der Waals surface area contributed by atoms with Gasteiger partial charge in [0.2, 0.25) is 0 Å². The van der Waals surface area contributed by atoms with Crippen LogP contribution in [0.25, 0.3) is 0 Å². The summed E-state index contributed by atoms with van der Waals surface area (Å²) in [6.07, 6.45) is 1.97. The largest absolute Gasteiger partial charge is 0.435 e. The first-order valence-electron chi connectivity index (χ1n) is 7.76. The predicted octanol–water partition coefficient (Wildman–Crippen LogP) is 5.12. The van der Waals surface area contributed by atoms with Gasteiger partial charge in [-0.15, -0.1) is 0 Å². The van der Waals surface area contributed by atoms with Crippen LogP contribution in [0.1, 0.15) is 31.4 Å². The monoisotopic (exact) mass is 350 g/mol. The summed E-state index contributed by atoms with van der Waals surface area (Å²) in [4.78, 5) is 0. The van der Waals surface area contributed by atoms with Crippen LogP contribution in [-0.4, -0.2) is 11.7 Å². The van der Waals surface area contributed by atoms with E-state index < -0.39 is 6.61 Å². The first-order valence-corrected chi connectivity index (χ1v) is 8.16. The van der Waals surface area contributed by atoms with Crippen molar-refractivity contribution >= 4 is 23.0 Å². The van der Waals surface area contributed by atoms with Crippen molar-refractivity contribution in [1.82, 2.24) is 5.32 Å². The lowest BCUT2D eigenvalue weighted by Crippen LogP contribution is -2.32. The minimum atomic E-state index is -2.83. The zero-order chi connectivity index (χ0) is 17.4. The molecule has 0 aromatic heterocycles. The molecule has 128 valence electrons. The molecule has 2 aromatic rings. The number of nitrogens with one attached hydrogen (secondary N) is 2. The van der Waals surface area contributed by atoms with Crippen molar-refractivity contribution in [3.05, 3.63) is 60.2 Å². The van der Waals surface area contributed by atoms with E-state index in [4.69, 9.17) is 12.2 Å². The Bertz CT molecular complexity index is 635. The van der Waals surface area contributed by atoms with Crippen LogP contribution in [-0.2, 0) is 0 Å². The fourth-order valence-corrected chi connectivity index (χ4v) is 2.60. The third-order valence-electron chi connectivity index (χ3n) is 3.42. The molecule has 0 spiro atoms. The second-order valence-corrected chi connectivity index (χ2v) is 5.66. The Balaban J connectivity index is 1.95. The Labute approximate surface area is 146 Å². The highest BCUT2D eigenvalue weighted by Gasteiger charge is 2.11. The van der Waals surface area contributed by atoms with Gasteiger partial charge in [0.15, 0.2) is 5.11 Å². The van der Waals surface area contributed by atoms with E-state index in [0.717, 1.165) is 12.8 Å². The Kier molecular flexibility index (Phi) is 6.93. The minimum Gasteiger partial charge on any atom is -0.435 e. The topological polar surface area (TPSA) is 33.3 Å². The Hall–Kier alpha value is -2.21. The lowest BCUT2D eigenvalue weighted by molar-refractivity contribution is -0.0498. The lowest BCUT2D eigenvalue weighted by Gasteiger charge is -2.21. The summed E-state index contributed by atoms with van der Waals surface area (Å²) in [6, 6.07) is 16.4. The Morgan fingerprint density at radius 2 is 1.75 bits per heavy atom. The average molecular weight is 350 g/mol. The molecule has 6 heteroatoms. The summed E-state index contributed by atoms with van der Waals surface area (Å²) >= 11 is 5.36.